The maximum Gasteiger partial charge on any atom is 0.0595 e. The number of hydrogen-bond acceptors (Lipinski definition) is 1. The summed E-state index contributed by atoms with van der Waals surface area (Å²) in [4.78, 5) is 0.715. The van der Waals surface area contributed by atoms with Crippen LogP contribution in [-0.2, 0) is 17.6 Å². The Bertz CT molecular complexity index is 454. The highest BCUT2D eigenvalue weighted by molar-refractivity contribution is 9.09. The van der Waals surface area contributed by atoms with Gasteiger partial charge in [-0.05, 0) is 24.0 Å². The minimum absolute atomic E-state index is 0.358. The zero-order chi connectivity index (χ0) is 14.9. The molecule has 0 radical (unpaired) electrons. The van der Waals surface area contributed by atoms with Crippen molar-refractivity contribution >= 4 is 31.9 Å². The van der Waals surface area contributed by atoms with Crippen LogP contribution in [0.4, 0.5) is 0 Å². The summed E-state index contributed by atoms with van der Waals surface area (Å²) in [5.74, 6) is 0. The predicted octanol–water partition coefficient (Wildman–Crippen LogP) is 5.02. The van der Waals surface area contributed by atoms with E-state index in [9.17, 15) is 0 Å². The molecular formula is C18H20Br2O. The second-order valence-corrected chi connectivity index (χ2v) is 7.70. The molecule has 2 aromatic rings. The molecule has 3 heteroatoms. The van der Waals surface area contributed by atoms with Gasteiger partial charge in [0.25, 0.3) is 0 Å². The molecule has 0 aromatic heterocycles. The van der Waals surface area contributed by atoms with Crippen LogP contribution in [0.25, 0.3) is 0 Å². The van der Waals surface area contributed by atoms with Gasteiger partial charge in [-0.15, -0.1) is 0 Å². The van der Waals surface area contributed by atoms with Crippen molar-refractivity contribution in [1.82, 2.24) is 0 Å². The number of benzene rings is 2. The number of rotatable bonds is 8. The fraction of sp³-hybridized carbons (Fsp3) is 0.333. The highest BCUT2D eigenvalue weighted by Gasteiger charge is 2.09. The van der Waals surface area contributed by atoms with Gasteiger partial charge in [0.05, 0.1) is 13.2 Å². The van der Waals surface area contributed by atoms with Crippen molar-refractivity contribution in [1.29, 1.82) is 0 Å². The van der Waals surface area contributed by atoms with E-state index in [0.717, 1.165) is 26.1 Å². The van der Waals surface area contributed by atoms with Gasteiger partial charge in [0.1, 0.15) is 0 Å². The van der Waals surface area contributed by atoms with E-state index in [1.807, 2.05) is 12.1 Å². The van der Waals surface area contributed by atoms with Gasteiger partial charge in [-0.2, -0.15) is 0 Å². The highest BCUT2D eigenvalue weighted by atomic mass is 79.9. The van der Waals surface area contributed by atoms with Crippen molar-refractivity contribution in [2.45, 2.75) is 22.5 Å². The summed E-state index contributed by atoms with van der Waals surface area (Å²) in [6, 6.07) is 21.0. The summed E-state index contributed by atoms with van der Waals surface area (Å²) in [5.41, 5.74) is 2.67. The summed E-state index contributed by atoms with van der Waals surface area (Å²) in [5, 5.41) is 0. The number of alkyl halides is 2. The zero-order valence-corrected chi connectivity index (χ0v) is 15.1. The third-order valence-electron chi connectivity index (χ3n) is 3.20. The van der Waals surface area contributed by atoms with E-state index in [-0.39, 0.29) is 0 Å². The van der Waals surface area contributed by atoms with Gasteiger partial charge >= 0.3 is 0 Å². The molecule has 0 aliphatic carbocycles. The predicted molar refractivity (Wildman–Crippen MR) is 96.5 cm³/mol. The lowest BCUT2D eigenvalue weighted by molar-refractivity contribution is 0.138. The van der Waals surface area contributed by atoms with E-state index in [1.165, 1.54) is 11.1 Å². The van der Waals surface area contributed by atoms with Crippen LogP contribution in [0.5, 0.6) is 0 Å². The molecule has 0 aliphatic heterocycles. The molecule has 112 valence electrons. The topological polar surface area (TPSA) is 9.23 Å². The molecule has 0 unspecified atom stereocenters. The van der Waals surface area contributed by atoms with Crippen LogP contribution in [0.15, 0.2) is 60.7 Å². The third-order valence-corrected chi connectivity index (χ3v) is 4.37. The van der Waals surface area contributed by atoms with Crippen molar-refractivity contribution < 1.29 is 4.74 Å². The molecule has 0 aliphatic rings. The Morgan fingerprint density at radius 1 is 0.667 bits per heavy atom. The fourth-order valence-electron chi connectivity index (χ4n) is 2.18. The van der Waals surface area contributed by atoms with Crippen molar-refractivity contribution in [3.8, 4) is 0 Å². The Morgan fingerprint density at radius 2 is 1.05 bits per heavy atom. The van der Waals surface area contributed by atoms with Crippen LogP contribution in [0.1, 0.15) is 11.1 Å². The standard InChI is InChI=1S/C18H20Br2O/c19-17(11-15-7-3-1-4-8-15)13-21-14-18(20)12-16-9-5-2-6-10-16/h1-10,17-18H,11-14H2/t17-,18-/m1/s1. The first-order valence-corrected chi connectivity index (χ1v) is 9.01. The minimum Gasteiger partial charge on any atom is -0.379 e. The van der Waals surface area contributed by atoms with Gasteiger partial charge in [-0.3, -0.25) is 0 Å². The lowest BCUT2D eigenvalue weighted by Gasteiger charge is -2.14. The van der Waals surface area contributed by atoms with E-state index in [1.54, 1.807) is 0 Å². The van der Waals surface area contributed by atoms with Gasteiger partial charge in [0.15, 0.2) is 0 Å². The molecule has 0 N–H and O–H groups in total. The molecule has 0 amide bonds. The van der Waals surface area contributed by atoms with Crippen LogP contribution in [0, 0.1) is 0 Å². The number of halogens is 2. The molecule has 2 rings (SSSR count). The summed E-state index contributed by atoms with van der Waals surface area (Å²) >= 11 is 7.38. The summed E-state index contributed by atoms with van der Waals surface area (Å²) < 4.78 is 5.81. The first-order chi connectivity index (χ1) is 10.2. The molecule has 2 atom stereocenters. The summed E-state index contributed by atoms with van der Waals surface area (Å²) in [7, 11) is 0. The molecule has 21 heavy (non-hydrogen) atoms. The van der Waals surface area contributed by atoms with Crippen molar-refractivity contribution in [2.24, 2.45) is 0 Å². The molecule has 0 spiro atoms. The smallest absolute Gasteiger partial charge is 0.0595 e. The lowest BCUT2D eigenvalue weighted by Crippen LogP contribution is -2.17. The Kier molecular flexibility index (Phi) is 7.48. The number of ether oxygens (including phenoxy) is 1. The maximum absolute atomic E-state index is 5.81. The van der Waals surface area contributed by atoms with Crippen molar-refractivity contribution in [3.63, 3.8) is 0 Å². The normalized spacial score (nSPS) is 13.8. The van der Waals surface area contributed by atoms with E-state index in [2.05, 4.69) is 80.4 Å². The minimum atomic E-state index is 0.358. The van der Waals surface area contributed by atoms with E-state index >= 15 is 0 Å². The van der Waals surface area contributed by atoms with Crippen molar-refractivity contribution in [3.05, 3.63) is 71.8 Å². The first-order valence-electron chi connectivity index (χ1n) is 7.18. The van der Waals surface area contributed by atoms with Gasteiger partial charge < -0.3 is 4.74 Å². The lowest BCUT2D eigenvalue weighted by atomic mass is 10.1. The average Bonchev–Trinajstić information content (AvgIpc) is 2.49. The van der Waals surface area contributed by atoms with Gasteiger partial charge in [0, 0.05) is 9.65 Å². The molecule has 1 nitrogen and oxygen atoms in total. The largest absolute Gasteiger partial charge is 0.379 e. The van der Waals surface area contributed by atoms with E-state index in [4.69, 9.17) is 4.74 Å². The molecule has 0 heterocycles. The number of hydrogen-bond donors (Lipinski definition) is 0. The van der Waals surface area contributed by atoms with Gasteiger partial charge in [0.2, 0.25) is 0 Å². The van der Waals surface area contributed by atoms with Crippen LogP contribution >= 0.6 is 31.9 Å². The van der Waals surface area contributed by atoms with Crippen LogP contribution in [-0.4, -0.2) is 22.9 Å². The second-order valence-electron chi connectivity index (χ2n) is 5.11. The first kappa shape index (κ1) is 16.7. The van der Waals surface area contributed by atoms with E-state index in [0.29, 0.717) is 9.65 Å². The average molecular weight is 412 g/mol. The van der Waals surface area contributed by atoms with E-state index < -0.39 is 0 Å². The van der Waals surface area contributed by atoms with Gasteiger partial charge in [-0.25, -0.2) is 0 Å². The summed E-state index contributed by atoms with van der Waals surface area (Å²) in [6.45, 7) is 1.46. The quantitative estimate of drug-likeness (QED) is 0.554. The molecule has 2 aromatic carbocycles. The molecule has 0 fully saturated rings. The molecule has 0 saturated heterocycles. The van der Waals surface area contributed by atoms with Crippen LogP contribution in [0.3, 0.4) is 0 Å². The third kappa shape index (κ3) is 6.77. The fourth-order valence-corrected chi connectivity index (χ4v) is 3.30. The monoisotopic (exact) mass is 410 g/mol. The molecular weight excluding hydrogens is 392 g/mol. The highest BCUT2D eigenvalue weighted by Crippen LogP contribution is 2.13. The van der Waals surface area contributed by atoms with Gasteiger partial charge in [-0.1, -0.05) is 92.5 Å². The van der Waals surface area contributed by atoms with Crippen LogP contribution in [0.2, 0.25) is 0 Å². The van der Waals surface area contributed by atoms with Crippen LogP contribution < -0.4 is 0 Å². The Hall–Kier alpha value is -0.640. The van der Waals surface area contributed by atoms with Crippen molar-refractivity contribution in [2.75, 3.05) is 13.2 Å². The molecule has 0 bridgehead atoms. The summed E-state index contributed by atoms with van der Waals surface area (Å²) in [6.07, 6.45) is 1.99. The Morgan fingerprint density at radius 3 is 1.43 bits per heavy atom. The SMILES string of the molecule is Br[C@@H](COC[C@H](Br)Cc1ccccc1)Cc1ccccc1. The Labute approximate surface area is 144 Å². The zero-order valence-electron chi connectivity index (χ0n) is 11.9. The second kappa shape index (κ2) is 9.39. The molecule has 0 saturated carbocycles. The Balaban J connectivity index is 1.64. The maximum atomic E-state index is 5.81.